The summed E-state index contributed by atoms with van der Waals surface area (Å²) >= 11 is 0. The van der Waals surface area contributed by atoms with Gasteiger partial charge in [0.2, 0.25) is 29.2 Å². The lowest BCUT2D eigenvalue weighted by Gasteiger charge is -2.35. The fraction of sp³-hybridized carbons (Fsp3) is 0.556. The van der Waals surface area contributed by atoms with Crippen LogP contribution in [0.2, 0.25) is 0 Å². The van der Waals surface area contributed by atoms with Crippen LogP contribution in [-0.4, -0.2) is 165 Å². The highest BCUT2D eigenvalue weighted by atomic mass is 16.6. The van der Waals surface area contributed by atoms with E-state index >= 15 is 0 Å². The Labute approximate surface area is 451 Å². The zero-order chi connectivity index (χ0) is 56.0. The summed E-state index contributed by atoms with van der Waals surface area (Å²) in [7, 11) is 0. The third-order valence-corrected chi connectivity index (χ3v) is 13.2. The Morgan fingerprint density at radius 1 is 0.756 bits per heavy atom. The first-order valence-electron chi connectivity index (χ1n) is 26.5. The Hall–Kier alpha value is -7.12. The number of imide groups is 1. The van der Waals surface area contributed by atoms with Gasteiger partial charge in [-0.3, -0.25) is 43.3 Å². The van der Waals surface area contributed by atoms with Crippen molar-refractivity contribution < 1.29 is 76.6 Å². The average molecular weight is 1090 g/mol. The summed E-state index contributed by atoms with van der Waals surface area (Å²) in [5.41, 5.74) is 1.03. The van der Waals surface area contributed by atoms with E-state index in [2.05, 4.69) is 21.3 Å². The number of nitrogens with one attached hydrogen (secondary N) is 4. The molecule has 5 N–H and O–H groups in total. The summed E-state index contributed by atoms with van der Waals surface area (Å²) in [5.74, 6) is -4.30. The molecule has 0 bridgehead atoms. The second kappa shape index (κ2) is 30.1. The molecule has 6 rings (SSSR count). The number of nitrogens with zero attached hydrogens (tertiary/aromatic N) is 3. The topological polar surface area (TPSA) is 308 Å². The molecule has 1 unspecified atom stereocenters. The Kier molecular flexibility index (Phi) is 23.2. The fourth-order valence-corrected chi connectivity index (χ4v) is 9.25. The number of ether oxygens (including phenoxy) is 7. The maximum Gasteiger partial charge on any atom is 0.355 e. The Balaban J connectivity index is 0.958. The van der Waals surface area contributed by atoms with Gasteiger partial charge in [-0.15, -0.1) is 0 Å². The lowest BCUT2D eigenvalue weighted by Crippen LogP contribution is -2.51. The molecule has 24 heteroatoms. The number of unbranched alkanes of at least 4 members (excludes halogenated alkanes) is 3. The lowest BCUT2D eigenvalue weighted by atomic mass is 9.85. The van der Waals surface area contributed by atoms with Crippen molar-refractivity contribution in [2.24, 2.45) is 0 Å². The molecule has 0 saturated carbocycles. The highest BCUT2D eigenvalue weighted by molar-refractivity contribution is 6.12. The van der Waals surface area contributed by atoms with E-state index in [0.29, 0.717) is 88.2 Å². The maximum atomic E-state index is 14.2. The van der Waals surface area contributed by atoms with E-state index in [1.165, 1.54) is 23.1 Å². The summed E-state index contributed by atoms with van der Waals surface area (Å²) in [6.45, 7) is 6.90. The number of phenols is 1. The van der Waals surface area contributed by atoms with Crippen molar-refractivity contribution in [2.45, 2.75) is 103 Å². The van der Waals surface area contributed by atoms with Gasteiger partial charge >= 0.3 is 11.9 Å². The van der Waals surface area contributed by atoms with Crippen LogP contribution in [0.5, 0.6) is 5.75 Å². The van der Waals surface area contributed by atoms with Crippen LogP contribution in [-0.2, 0) is 96.7 Å². The normalized spacial score (nSPS) is 15.6. The summed E-state index contributed by atoms with van der Waals surface area (Å²) in [6, 6.07) is 5.33. The third-order valence-electron chi connectivity index (χ3n) is 13.2. The molecule has 0 saturated heterocycles. The van der Waals surface area contributed by atoms with Crippen LogP contribution in [0.15, 0.2) is 41.2 Å². The number of esters is 2. The SMILES string of the molecule is CCOCCOCC(=O)NCCCCC(NC(=O)COCCOCCOCCNC(=O)CCCCCN1C(=O)C=CC1=O)C(=O)NCC(=O)O[C@]1(CC)C(=O)OCc2c1cc1n(c2=O)Cc2c-1nc1ccc(O)cc1c2CC. The summed E-state index contributed by atoms with van der Waals surface area (Å²) in [5, 5.41) is 21.7. The van der Waals surface area contributed by atoms with Crippen LogP contribution < -0.4 is 26.8 Å². The van der Waals surface area contributed by atoms with Crippen molar-refractivity contribution in [3.05, 3.63) is 69.0 Å². The first-order valence-corrected chi connectivity index (χ1v) is 26.5. The van der Waals surface area contributed by atoms with E-state index in [1.807, 2.05) is 13.8 Å². The molecular weight excluding hydrogens is 1020 g/mol. The maximum absolute atomic E-state index is 14.2. The van der Waals surface area contributed by atoms with E-state index in [9.17, 15) is 48.3 Å². The summed E-state index contributed by atoms with van der Waals surface area (Å²) < 4.78 is 39.9. The van der Waals surface area contributed by atoms with Crippen molar-refractivity contribution in [3.8, 4) is 17.1 Å². The van der Waals surface area contributed by atoms with Gasteiger partial charge in [-0.05, 0) is 81.7 Å². The molecule has 0 aliphatic carbocycles. The van der Waals surface area contributed by atoms with Gasteiger partial charge in [0.15, 0.2) is 0 Å². The van der Waals surface area contributed by atoms with Crippen LogP contribution in [0.3, 0.4) is 0 Å². The van der Waals surface area contributed by atoms with Crippen molar-refractivity contribution in [1.29, 1.82) is 0 Å². The number of aromatic hydroxyl groups is 1. The summed E-state index contributed by atoms with van der Waals surface area (Å²) in [4.78, 5) is 122. The van der Waals surface area contributed by atoms with Gasteiger partial charge in [0.1, 0.15) is 38.2 Å². The molecule has 0 radical (unpaired) electrons. The molecule has 3 aromatic rings. The van der Waals surface area contributed by atoms with Crippen molar-refractivity contribution in [1.82, 2.24) is 35.7 Å². The molecule has 6 amide bonds. The molecule has 424 valence electrons. The molecule has 78 heavy (non-hydrogen) atoms. The van der Waals surface area contributed by atoms with Crippen molar-refractivity contribution in [3.63, 3.8) is 0 Å². The minimum Gasteiger partial charge on any atom is -0.508 e. The highest BCUT2D eigenvalue weighted by Crippen LogP contribution is 2.42. The first-order chi connectivity index (χ1) is 37.7. The highest BCUT2D eigenvalue weighted by Gasteiger charge is 2.50. The number of pyridine rings is 2. The molecule has 3 aliphatic heterocycles. The smallest absolute Gasteiger partial charge is 0.355 e. The standard InChI is InChI=1S/C54H71N7O17/c1-4-36-37-28-35(62)14-15-41(37)59-50-38(36)31-61-43(50)29-40-39(52(61)70)32-77-53(71)54(40,5-2)78-49(68)30-57-51(69)42(12-9-10-18-55-45(64)33-75-26-22-72-6-3)58-46(65)34-76-27-25-74-24-23-73-21-19-56-44(63)13-8-7-11-20-60-47(66)16-17-48(60)67/h14-17,28-29,42,62H,4-13,18-27,30-34H2,1-3H3,(H,55,64)(H,56,63)(H,57,69)(H,58,65)/t42?,54-/m0/s1. The Morgan fingerprint density at radius 3 is 2.17 bits per heavy atom. The zero-order valence-electron chi connectivity index (χ0n) is 44.5. The van der Waals surface area contributed by atoms with E-state index in [4.69, 9.17) is 38.1 Å². The largest absolute Gasteiger partial charge is 0.508 e. The average Bonchev–Trinajstić information content (AvgIpc) is 4.13. The molecular formula is C54H71N7O17. The molecule has 3 aliphatic rings. The van der Waals surface area contributed by atoms with Gasteiger partial charge in [-0.25, -0.2) is 9.78 Å². The second-order valence-electron chi connectivity index (χ2n) is 18.5. The van der Waals surface area contributed by atoms with Crippen LogP contribution in [0.1, 0.15) is 94.4 Å². The van der Waals surface area contributed by atoms with Gasteiger partial charge in [-0.1, -0.05) is 20.3 Å². The van der Waals surface area contributed by atoms with E-state index in [-0.39, 0.29) is 119 Å². The number of carbonyl (C=O) groups is 8. The molecule has 24 nitrogen and oxygen atoms in total. The van der Waals surface area contributed by atoms with E-state index in [1.54, 1.807) is 29.7 Å². The van der Waals surface area contributed by atoms with Gasteiger partial charge in [0, 0.05) is 61.3 Å². The number of aryl methyl sites for hydroxylation is 1. The van der Waals surface area contributed by atoms with Gasteiger partial charge in [0.25, 0.3) is 17.4 Å². The number of benzene rings is 1. The van der Waals surface area contributed by atoms with E-state index < -0.39 is 54.1 Å². The molecule has 0 spiro atoms. The van der Waals surface area contributed by atoms with Gasteiger partial charge < -0.3 is 64.1 Å². The second-order valence-corrected chi connectivity index (χ2v) is 18.5. The van der Waals surface area contributed by atoms with Gasteiger partial charge in [0.05, 0.1) is 75.3 Å². The van der Waals surface area contributed by atoms with E-state index in [0.717, 1.165) is 16.5 Å². The Bertz CT molecular complexity index is 2730. The minimum atomic E-state index is -2.05. The number of aromatic nitrogens is 2. The van der Waals surface area contributed by atoms with Crippen LogP contribution in [0.25, 0.3) is 22.3 Å². The molecule has 5 heterocycles. The van der Waals surface area contributed by atoms with Crippen LogP contribution in [0, 0.1) is 0 Å². The number of phenolic OH excluding ortho intramolecular Hbond substituents is 1. The molecule has 0 fully saturated rings. The molecule has 1 aromatic carbocycles. The fourth-order valence-electron chi connectivity index (χ4n) is 9.25. The predicted molar refractivity (Wildman–Crippen MR) is 278 cm³/mol. The predicted octanol–water partition coefficient (Wildman–Crippen LogP) is 1.49. The minimum absolute atomic E-state index is 0.0356. The number of amides is 6. The number of rotatable bonds is 35. The van der Waals surface area contributed by atoms with Crippen molar-refractivity contribution in [2.75, 3.05) is 92.2 Å². The number of hydrogen-bond donors (Lipinski definition) is 5. The van der Waals surface area contributed by atoms with Crippen LogP contribution >= 0.6 is 0 Å². The lowest BCUT2D eigenvalue weighted by molar-refractivity contribution is -0.189. The number of carbonyl (C=O) groups excluding carboxylic acids is 8. The monoisotopic (exact) mass is 1090 g/mol. The van der Waals surface area contributed by atoms with Crippen molar-refractivity contribution >= 4 is 58.3 Å². The Morgan fingerprint density at radius 2 is 1.45 bits per heavy atom. The number of cyclic esters (lactones) is 1. The summed E-state index contributed by atoms with van der Waals surface area (Å²) in [6.07, 6.45) is 6.09. The van der Waals surface area contributed by atoms with Gasteiger partial charge in [-0.2, -0.15) is 0 Å². The zero-order valence-corrected chi connectivity index (χ0v) is 44.5. The molecule has 2 aromatic heterocycles. The number of fused-ring (bicyclic) bond motifs is 5. The third kappa shape index (κ3) is 16.2. The number of hydrogen-bond acceptors (Lipinski definition) is 18. The molecule has 2 atom stereocenters. The quantitative estimate of drug-likeness (QED) is 0.0248. The first kappa shape index (κ1) is 60.1. The van der Waals surface area contributed by atoms with Crippen LogP contribution in [0.4, 0.5) is 0 Å².